The van der Waals surface area contributed by atoms with Crippen molar-refractivity contribution in [3.8, 4) is 0 Å². The number of carbonyl (C=O) groups excluding carboxylic acids is 2. The van der Waals surface area contributed by atoms with Crippen LogP contribution >= 0.6 is 0 Å². The van der Waals surface area contributed by atoms with E-state index in [4.69, 9.17) is 0 Å². The summed E-state index contributed by atoms with van der Waals surface area (Å²) in [4.78, 5) is 20.6. The molecule has 0 bridgehead atoms. The summed E-state index contributed by atoms with van der Waals surface area (Å²) >= 11 is 0. The second kappa shape index (κ2) is 3.77. The maximum atomic E-state index is 10.3. The van der Waals surface area contributed by atoms with Crippen LogP contribution in [-0.2, 0) is 9.59 Å². The van der Waals surface area contributed by atoms with Gasteiger partial charge in [-0.25, -0.2) is 0 Å². The summed E-state index contributed by atoms with van der Waals surface area (Å²) in [5.41, 5.74) is 0. The van der Waals surface area contributed by atoms with Crippen molar-refractivity contribution in [2.75, 3.05) is 0 Å². The zero-order valence-corrected chi connectivity index (χ0v) is 7.13. The molecule has 1 rings (SSSR count). The molecular formula is C6H4NaO2+. The van der Waals surface area contributed by atoms with E-state index in [0.717, 1.165) is 0 Å². The van der Waals surface area contributed by atoms with Crippen LogP contribution in [0.25, 0.3) is 0 Å². The maximum absolute atomic E-state index is 10.3. The smallest absolute Gasteiger partial charge is 0.290 e. The van der Waals surface area contributed by atoms with Gasteiger partial charge in [0.2, 0.25) is 0 Å². The fourth-order valence-corrected chi connectivity index (χ4v) is 0.440. The Labute approximate surface area is 74.9 Å². The van der Waals surface area contributed by atoms with E-state index in [1.807, 2.05) is 0 Å². The molecule has 9 heavy (non-hydrogen) atoms. The third kappa shape index (κ3) is 2.75. The number of rotatable bonds is 0. The number of hydrogen-bond acceptors (Lipinski definition) is 2. The van der Waals surface area contributed by atoms with Crippen LogP contribution in [0, 0.1) is 0 Å². The topological polar surface area (TPSA) is 34.1 Å². The van der Waals surface area contributed by atoms with Crippen molar-refractivity contribution in [3.63, 3.8) is 0 Å². The van der Waals surface area contributed by atoms with Gasteiger partial charge in [-0.1, -0.05) is 0 Å². The van der Waals surface area contributed by atoms with Crippen LogP contribution in [0.3, 0.4) is 0 Å². The molecule has 40 valence electrons. The first-order valence-electron chi connectivity index (χ1n) is 2.23. The van der Waals surface area contributed by atoms with Gasteiger partial charge in [0, 0.05) is 0 Å². The molecule has 0 aromatic heterocycles. The van der Waals surface area contributed by atoms with E-state index in [1.54, 1.807) is 0 Å². The third-order valence-corrected chi connectivity index (χ3v) is 0.824. The Morgan fingerprint density at radius 1 is 0.778 bits per heavy atom. The van der Waals surface area contributed by atoms with E-state index in [1.165, 1.54) is 24.3 Å². The first kappa shape index (κ1) is 8.82. The molecule has 0 fully saturated rings. The van der Waals surface area contributed by atoms with Gasteiger partial charge in [0.1, 0.15) is 0 Å². The zero-order valence-electron chi connectivity index (χ0n) is 5.13. The van der Waals surface area contributed by atoms with Gasteiger partial charge >= 0.3 is 29.6 Å². The van der Waals surface area contributed by atoms with Crippen LogP contribution < -0.4 is 29.6 Å². The molecule has 0 heterocycles. The Morgan fingerprint density at radius 2 is 1.00 bits per heavy atom. The molecule has 2 nitrogen and oxygen atoms in total. The number of allylic oxidation sites excluding steroid dienone is 4. The Morgan fingerprint density at radius 3 is 1.22 bits per heavy atom. The van der Waals surface area contributed by atoms with Crippen molar-refractivity contribution in [1.82, 2.24) is 0 Å². The minimum absolute atomic E-state index is 0. The standard InChI is InChI=1S/C6H4O2.Na/c7-5-1-2-6(8)4-3-5;/h1-4H;/q;+1. The van der Waals surface area contributed by atoms with Gasteiger partial charge in [-0.15, -0.1) is 0 Å². The summed E-state index contributed by atoms with van der Waals surface area (Å²) in [6.07, 6.45) is 5.01. The predicted molar refractivity (Wildman–Crippen MR) is 28.3 cm³/mol. The summed E-state index contributed by atoms with van der Waals surface area (Å²) in [5, 5.41) is 0. The summed E-state index contributed by atoms with van der Waals surface area (Å²) in [6.45, 7) is 0. The molecule has 0 radical (unpaired) electrons. The van der Waals surface area contributed by atoms with Gasteiger partial charge in [-0.3, -0.25) is 9.59 Å². The molecule has 0 saturated carbocycles. The van der Waals surface area contributed by atoms with Crippen LogP contribution in [0.15, 0.2) is 24.3 Å². The fraction of sp³-hybridized carbons (Fsp3) is 0. The Bertz CT molecular complexity index is 153. The molecule has 1 aliphatic carbocycles. The Balaban J connectivity index is 0.000000640. The predicted octanol–water partition coefficient (Wildman–Crippen LogP) is -2.75. The molecule has 0 saturated heterocycles. The fourth-order valence-electron chi connectivity index (χ4n) is 0.440. The average Bonchev–Trinajstić information content (AvgIpc) is 1.77. The van der Waals surface area contributed by atoms with Crippen LogP contribution in [-0.4, -0.2) is 11.6 Å². The molecule has 0 aliphatic heterocycles. The summed E-state index contributed by atoms with van der Waals surface area (Å²) < 4.78 is 0. The van der Waals surface area contributed by atoms with E-state index in [-0.39, 0.29) is 41.1 Å². The molecule has 0 unspecified atom stereocenters. The second-order valence-electron chi connectivity index (χ2n) is 1.47. The quantitative estimate of drug-likeness (QED) is 0.264. The molecule has 0 N–H and O–H groups in total. The van der Waals surface area contributed by atoms with E-state index < -0.39 is 0 Å². The third-order valence-electron chi connectivity index (χ3n) is 0.824. The monoisotopic (exact) mass is 131 g/mol. The average molecular weight is 131 g/mol. The molecule has 3 heteroatoms. The molecule has 0 spiro atoms. The second-order valence-corrected chi connectivity index (χ2v) is 1.47. The van der Waals surface area contributed by atoms with Gasteiger partial charge in [-0.05, 0) is 24.3 Å². The van der Waals surface area contributed by atoms with E-state index in [9.17, 15) is 9.59 Å². The minimum atomic E-state index is -0.121. The minimum Gasteiger partial charge on any atom is -0.290 e. The first-order chi connectivity index (χ1) is 3.79. The Kier molecular flexibility index (Phi) is 3.70. The summed E-state index contributed by atoms with van der Waals surface area (Å²) in [7, 11) is 0. The molecule has 0 atom stereocenters. The van der Waals surface area contributed by atoms with E-state index >= 15 is 0 Å². The first-order valence-corrected chi connectivity index (χ1v) is 2.23. The SMILES string of the molecule is O=C1C=CC(=O)C=C1.[Na+]. The van der Waals surface area contributed by atoms with E-state index in [2.05, 4.69) is 0 Å². The van der Waals surface area contributed by atoms with Crippen molar-refractivity contribution >= 4 is 11.6 Å². The van der Waals surface area contributed by atoms with Crippen molar-refractivity contribution in [3.05, 3.63) is 24.3 Å². The number of hydrogen-bond donors (Lipinski definition) is 0. The van der Waals surface area contributed by atoms with Crippen molar-refractivity contribution in [1.29, 1.82) is 0 Å². The number of carbonyl (C=O) groups is 2. The largest absolute Gasteiger partial charge is 1.00 e. The zero-order chi connectivity index (χ0) is 5.98. The van der Waals surface area contributed by atoms with Gasteiger partial charge in [0.15, 0.2) is 11.6 Å². The summed E-state index contributed by atoms with van der Waals surface area (Å²) in [5.74, 6) is -0.241. The van der Waals surface area contributed by atoms with Crippen molar-refractivity contribution in [2.45, 2.75) is 0 Å². The van der Waals surface area contributed by atoms with Crippen LogP contribution in [0.2, 0.25) is 0 Å². The van der Waals surface area contributed by atoms with E-state index in [0.29, 0.717) is 0 Å². The molecule has 0 aromatic rings. The normalized spacial score (nSPS) is 15.6. The van der Waals surface area contributed by atoms with Gasteiger partial charge in [0.05, 0.1) is 0 Å². The van der Waals surface area contributed by atoms with Gasteiger partial charge < -0.3 is 0 Å². The van der Waals surface area contributed by atoms with Crippen LogP contribution in [0.5, 0.6) is 0 Å². The summed E-state index contributed by atoms with van der Waals surface area (Å²) in [6, 6.07) is 0. The number of ketones is 2. The van der Waals surface area contributed by atoms with Gasteiger partial charge in [-0.2, -0.15) is 0 Å². The molecule has 1 aliphatic rings. The van der Waals surface area contributed by atoms with Crippen molar-refractivity contribution in [2.24, 2.45) is 0 Å². The van der Waals surface area contributed by atoms with Gasteiger partial charge in [0.25, 0.3) is 0 Å². The van der Waals surface area contributed by atoms with Crippen molar-refractivity contribution < 1.29 is 39.1 Å². The molecular weight excluding hydrogens is 127 g/mol. The van der Waals surface area contributed by atoms with Crippen LogP contribution in [0.1, 0.15) is 0 Å². The Hall–Kier alpha value is -0.180. The maximum Gasteiger partial charge on any atom is 1.00 e. The molecule has 0 amide bonds. The molecule has 0 aromatic carbocycles. The van der Waals surface area contributed by atoms with Crippen LogP contribution in [0.4, 0.5) is 0 Å².